The molecule has 10 heavy (non-hydrogen) atoms. The van der Waals surface area contributed by atoms with Crippen molar-refractivity contribution in [2.75, 3.05) is 7.11 Å². The number of alkyl halides is 1. The predicted molar refractivity (Wildman–Crippen MR) is 35.2 cm³/mol. The Bertz CT molecular complexity index is 130. The second-order valence-corrected chi connectivity index (χ2v) is 2.57. The maximum Gasteiger partial charge on any atom is 0.325 e. The number of carbonyl (C=O) groups excluding carboxylic acids is 1. The quantitative estimate of drug-likeness (QED) is 0.572. The second kappa shape index (κ2) is 2.96. The van der Waals surface area contributed by atoms with Crippen LogP contribution in [0.4, 0.5) is 4.39 Å². The third kappa shape index (κ3) is 2.31. The summed E-state index contributed by atoms with van der Waals surface area (Å²) in [5.74, 6) is -0.729. The van der Waals surface area contributed by atoms with Crippen molar-refractivity contribution in [1.82, 2.24) is 0 Å². The number of esters is 1. The molecule has 0 aliphatic carbocycles. The Morgan fingerprint density at radius 3 is 2.20 bits per heavy atom. The average Bonchev–Trinajstić information content (AvgIpc) is 1.83. The number of rotatable bonds is 2. The van der Waals surface area contributed by atoms with E-state index in [1.807, 2.05) is 0 Å². The van der Waals surface area contributed by atoms with Gasteiger partial charge >= 0.3 is 5.97 Å². The van der Waals surface area contributed by atoms with E-state index in [-0.39, 0.29) is 0 Å². The third-order valence-corrected chi connectivity index (χ3v) is 1.19. The lowest BCUT2D eigenvalue weighted by atomic mass is 10.0. The Kier molecular flexibility index (Phi) is 2.77. The van der Waals surface area contributed by atoms with Crippen LogP contribution in [0, 0.1) is 0 Å². The van der Waals surface area contributed by atoms with E-state index >= 15 is 0 Å². The number of carbonyl (C=O) groups is 1. The molecule has 0 rings (SSSR count). The van der Waals surface area contributed by atoms with Gasteiger partial charge in [-0.25, -0.2) is 4.39 Å². The molecule has 0 aliphatic rings. The van der Waals surface area contributed by atoms with Crippen LogP contribution in [0.2, 0.25) is 0 Å². The van der Waals surface area contributed by atoms with Crippen LogP contribution >= 0.6 is 0 Å². The first-order valence-electron chi connectivity index (χ1n) is 2.92. The standard InChI is InChI=1S/C6H12FNO2/c1-6(2,7)4(8)5(9)10-3/h4H,8H2,1-3H3/t4-/m0/s1. The fourth-order valence-electron chi connectivity index (χ4n) is 0.407. The molecule has 0 unspecified atom stereocenters. The summed E-state index contributed by atoms with van der Waals surface area (Å²) in [5, 5.41) is 0. The van der Waals surface area contributed by atoms with Gasteiger partial charge in [0.2, 0.25) is 0 Å². The Labute approximate surface area is 59.3 Å². The summed E-state index contributed by atoms with van der Waals surface area (Å²) < 4.78 is 17.0. The zero-order valence-electron chi connectivity index (χ0n) is 6.35. The first-order valence-corrected chi connectivity index (χ1v) is 2.92. The molecular formula is C6H12FNO2. The van der Waals surface area contributed by atoms with Crippen molar-refractivity contribution in [2.24, 2.45) is 5.73 Å². The van der Waals surface area contributed by atoms with E-state index in [1.165, 1.54) is 21.0 Å². The molecule has 0 aromatic rings. The highest BCUT2D eigenvalue weighted by atomic mass is 19.1. The van der Waals surface area contributed by atoms with Crippen LogP contribution < -0.4 is 5.73 Å². The predicted octanol–water partition coefficient (Wildman–Crippen LogP) is 0.235. The molecule has 0 saturated heterocycles. The molecule has 0 amide bonds. The van der Waals surface area contributed by atoms with Gasteiger partial charge in [0.15, 0.2) is 0 Å². The lowest BCUT2D eigenvalue weighted by Crippen LogP contribution is -2.46. The summed E-state index contributed by atoms with van der Waals surface area (Å²) >= 11 is 0. The Balaban J connectivity index is 4.08. The van der Waals surface area contributed by atoms with Crippen LogP contribution in [0.1, 0.15) is 13.8 Å². The number of nitrogens with two attached hydrogens (primary N) is 1. The Hall–Kier alpha value is -0.640. The Morgan fingerprint density at radius 2 is 2.10 bits per heavy atom. The van der Waals surface area contributed by atoms with Crippen LogP contribution in [0.3, 0.4) is 0 Å². The maximum atomic E-state index is 12.8. The van der Waals surface area contributed by atoms with Gasteiger partial charge in [0.05, 0.1) is 7.11 Å². The highest BCUT2D eigenvalue weighted by Gasteiger charge is 2.32. The average molecular weight is 149 g/mol. The summed E-state index contributed by atoms with van der Waals surface area (Å²) in [4.78, 5) is 10.6. The molecule has 2 N–H and O–H groups in total. The summed E-state index contributed by atoms with van der Waals surface area (Å²) in [6.07, 6.45) is 0. The molecule has 0 bridgehead atoms. The maximum absolute atomic E-state index is 12.8. The van der Waals surface area contributed by atoms with Crippen molar-refractivity contribution in [3.05, 3.63) is 0 Å². The van der Waals surface area contributed by atoms with E-state index in [9.17, 15) is 9.18 Å². The van der Waals surface area contributed by atoms with E-state index in [0.29, 0.717) is 0 Å². The van der Waals surface area contributed by atoms with Crippen molar-refractivity contribution < 1.29 is 13.9 Å². The highest BCUT2D eigenvalue weighted by molar-refractivity contribution is 5.76. The lowest BCUT2D eigenvalue weighted by Gasteiger charge is -2.19. The van der Waals surface area contributed by atoms with E-state index in [2.05, 4.69) is 4.74 Å². The summed E-state index contributed by atoms with van der Waals surface area (Å²) in [6, 6.07) is -1.20. The van der Waals surface area contributed by atoms with E-state index in [1.54, 1.807) is 0 Å². The minimum Gasteiger partial charge on any atom is -0.468 e. The Morgan fingerprint density at radius 1 is 1.70 bits per heavy atom. The number of halogens is 1. The molecular weight excluding hydrogens is 137 g/mol. The fourth-order valence-corrected chi connectivity index (χ4v) is 0.407. The first kappa shape index (κ1) is 9.36. The third-order valence-electron chi connectivity index (χ3n) is 1.19. The molecule has 0 aliphatic heterocycles. The molecule has 0 spiro atoms. The minimum absolute atomic E-state index is 0.729. The smallest absolute Gasteiger partial charge is 0.325 e. The zero-order chi connectivity index (χ0) is 8.36. The number of hydrogen-bond acceptors (Lipinski definition) is 3. The first-order chi connectivity index (χ1) is 4.39. The van der Waals surface area contributed by atoms with Gasteiger partial charge in [0, 0.05) is 0 Å². The van der Waals surface area contributed by atoms with E-state index in [4.69, 9.17) is 5.73 Å². The normalized spacial score (nSPS) is 14.5. The summed E-state index contributed by atoms with van der Waals surface area (Å²) in [7, 11) is 1.17. The number of ether oxygens (including phenoxy) is 1. The van der Waals surface area contributed by atoms with Gasteiger partial charge in [0.1, 0.15) is 11.7 Å². The van der Waals surface area contributed by atoms with Crippen LogP contribution in [-0.2, 0) is 9.53 Å². The summed E-state index contributed by atoms with van der Waals surface area (Å²) in [5.41, 5.74) is 3.44. The van der Waals surface area contributed by atoms with Crippen molar-refractivity contribution >= 4 is 5.97 Å². The molecule has 3 nitrogen and oxygen atoms in total. The summed E-state index contributed by atoms with van der Waals surface area (Å²) in [6.45, 7) is 2.46. The molecule has 0 fully saturated rings. The van der Waals surface area contributed by atoms with Gasteiger partial charge < -0.3 is 10.5 Å². The largest absolute Gasteiger partial charge is 0.468 e. The van der Waals surface area contributed by atoms with Crippen molar-refractivity contribution in [1.29, 1.82) is 0 Å². The van der Waals surface area contributed by atoms with Crippen LogP contribution in [-0.4, -0.2) is 24.8 Å². The molecule has 60 valence electrons. The molecule has 1 atom stereocenters. The molecule has 0 aromatic heterocycles. The van der Waals surface area contributed by atoms with Crippen molar-refractivity contribution in [3.63, 3.8) is 0 Å². The van der Waals surface area contributed by atoms with Crippen LogP contribution in [0.15, 0.2) is 0 Å². The SMILES string of the molecule is COC(=O)[C@H](N)C(C)(C)F. The molecule has 4 heteroatoms. The van der Waals surface area contributed by atoms with Gasteiger partial charge in [-0.1, -0.05) is 0 Å². The van der Waals surface area contributed by atoms with E-state index in [0.717, 1.165) is 0 Å². The lowest BCUT2D eigenvalue weighted by molar-refractivity contribution is -0.145. The van der Waals surface area contributed by atoms with Gasteiger partial charge in [-0.05, 0) is 13.8 Å². The number of methoxy groups -OCH3 is 1. The zero-order valence-corrected chi connectivity index (χ0v) is 6.35. The van der Waals surface area contributed by atoms with Crippen LogP contribution in [0.25, 0.3) is 0 Å². The molecule has 0 saturated carbocycles. The molecule has 0 aromatic carbocycles. The number of hydrogen-bond donors (Lipinski definition) is 1. The minimum atomic E-state index is -1.72. The van der Waals surface area contributed by atoms with E-state index < -0.39 is 17.7 Å². The van der Waals surface area contributed by atoms with Crippen molar-refractivity contribution in [2.45, 2.75) is 25.6 Å². The van der Waals surface area contributed by atoms with Crippen molar-refractivity contribution in [3.8, 4) is 0 Å². The fraction of sp³-hybridized carbons (Fsp3) is 0.833. The van der Waals surface area contributed by atoms with Crippen LogP contribution in [0.5, 0.6) is 0 Å². The molecule has 0 radical (unpaired) electrons. The second-order valence-electron chi connectivity index (χ2n) is 2.57. The topological polar surface area (TPSA) is 52.3 Å². The molecule has 0 heterocycles. The highest BCUT2D eigenvalue weighted by Crippen LogP contribution is 2.12. The van der Waals surface area contributed by atoms with Gasteiger partial charge in [0.25, 0.3) is 0 Å². The van der Waals surface area contributed by atoms with Gasteiger partial charge in [-0.15, -0.1) is 0 Å². The van der Waals surface area contributed by atoms with Gasteiger partial charge in [-0.2, -0.15) is 0 Å². The van der Waals surface area contributed by atoms with Gasteiger partial charge in [-0.3, -0.25) is 4.79 Å². The monoisotopic (exact) mass is 149 g/mol.